The monoisotopic (exact) mass is 247 g/mol. The van der Waals surface area contributed by atoms with Crippen molar-refractivity contribution >= 4 is 11.8 Å². The van der Waals surface area contributed by atoms with Gasteiger partial charge in [0.2, 0.25) is 0 Å². The van der Waals surface area contributed by atoms with Gasteiger partial charge < -0.3 is 10.1 Å². The standard InChI is InChI=1S/C13H17N3O2/c1-18-12(17)10-4-5-11(16-15-10)14-8-13(6-7-13)9-2-3-9/h4-5,9H,2-3,6-8H2,1H3,(H,14,16). The van der Waals surface area contributed by atoms with Crippen LogP contribution in [0.3, 0.4) is 0 Å². The van der Waals surface area contributed by atoms with Gasteiger partial charge in [-0.3, -0.25) is 0 Å². The summed E-state index contributed by atoms with van der Waals surface area (Å²) in [6, 6.07) is 3.42. The Morgan fingerprint density at radius 2 is 2.22 bits per heavy atom. The van der Waals surface area contributed by atoms with Crippen molar-refractivity contribution in [2.45, 2.75) is 25.7 Å². The Kier molecular flexibility index (Phi) is 2.69. The zero-order chi connectivity index (χ0) is 12.6. The van der Waals surface area contributed by atoms with Crippen LogP contribution in [-0.4, -0.2) is 29.8 Å². The largest absolute Gasteiger partial charge is 0.464 e. The minimum absolute atomic E-state index is 0.242. The Morgan fingerprint density at radius 3 is 2.72 bits per heavy atom. The van der Waals surface area contributed by atoms with Crippen LogP contribution in [0.4, 0.5) is 5.82 Å². The van der Waals surface area contributed by atoms with E-state index < -0.39 is 5.97 Å². The summed E-state index contributed by atoms with van der Waals surface area (Å²) in [6.45, 7) is 0.976. The fraction of sp³-hybridized carbons (Fsp3) is 0.615. The first-order valence-corrected chi connectivity index (χ1v) is 6.39. The molecule has 0 saturated heterocycles. The maximum atomic E-state index is 11.2. The highest BCUT2D eigenvalue weighted by molar-refractivity contribution is 5.86. The highest BCUT2D eigenvalue weighted by Gasteiger charge is 2.53. The zero-order valence-corrected chi connectivity index (χ0v) is 10.5. The van der Waals surface area contributed by atoms with E-state index in [4.69, 9.17) is 0 Å². The molecule has 2 aliphatic carbocycles. The molecule has 0 bridgehead atoms. The molecule has 0 aromatic carbocycles. The van der Waals surface area contributed by atoms with Gasteiger partial charge in [0.1, 0.15) is 5.82 Å². The van der Waals surface area contributed by atoms with E-state index in [2.05, 4.69) is 20.3 Å². The smallest absolute Gasteiger partial charge is 0.358 e. The molecule has 1 aromatic heterocycles. The quantitative estimate of drug-likeness (QED) is 0.805. The van der Waals surface area contributed by atoms with Gasteiger partial charge in [-0.1, -0.05) is 0 Å². The molecule has 5 nitrogen and oxygen atoms in total. The van der Waals surface area contributed by atoms with Gasteiger partial charge >= 0.3 is 5.97 Å². The van der Waals surface area contributed by atoms with E-state index in [1.165, 1.54) is 32.8 Å². The molecule has 0 spiro atoms. The molecule has 2 aliphatic rings. The zero-order valence-electron chi connectivity index (χ0n) is 10.5. The lowest BCUT2D eigenvalue weighted by atomic mass is 10.0. The second-order valence-electron chi connectivity index (χ2n) is 5.29. The third kappa shape index (κ3) is 2.17. The van der Waals surface area contributed by atoms with Gasteiger partial charge in [-0.2, -0.15) is 0 Å². The highest BCUT2D eigenvalue weighted by atomic mass is 16.5. The van der Waals surface area contributed by atoms with Crippen LogP contribution in [0.25, 0.3) is 0 Å². The SMILES string of the molecule is COC(=O)c1ccc(NCC2(C3CC3)CC2)nn1. The molecular formula is C13H17N3O2. The summed E-state index contributed by atoms with van der Waals surface area (Å²) in [7, 11) is 1.34. The van der Waals surface area contributed by atoms with Gasteiger partial charge in [-0.25, -0.2) is 4.79 Å². The lowest BCUT2D eigenvalue weighted by molar-refractivity contribution is 0.0593. The van der Waals surface area contributed by atoms with Crippen molar-refractivity contribution in [2.24, 2.45) is 11.3 Å². The van der Waals surface area contributed by atoms with Crippen LogP contribution >= 0.6 is 0 Å². The molecule has 3 rings (SSSR count). The molecule has 1 heterocycles. The first-order chi connectivity index (χ1) is 8.73. The number of anilines is 1. The highest BCUT2D eigenvalue weighted by Crippen LogP contribution is 2.61. The van der Waals surface area contributed by atoms with Crippen molar-refractivity contribution in [2.75, 3.05) is 19.0 Å². The lowest BCUT2D eigenvalue weighted by Gasteiger charge is -2.14. The lowest BCUT2D eigenvalue weighted by Crippen LogP contribution is -2.18. The number of carbonyl (C=O) groups is 1. The summed E-state index contributed by atoms with van der Waals surface area (Å²) in [5.74, 6) is 1.20. The summed E-state index contributed by atoms with van der Waals surface area (Å²) < 4.78 is 4.58. The van der Waals surface area contributed by atoms with E-state index >= 15 is 0 Å². The van der Waals surface area contributed by atoms with Crippen molar-refractivity contribution in [1.82, 2.24) is 10.2 Å². The fourth-order valence-corrected chi connectivity index (χ4v) is 2.49. The number of nitrogens with one attached hydrogen (secondary N) is 1. The normalized spacial score (nSPS) is 20.3. The van der Waals surface area contributed by atoms with E-state index in [-0.39, 0.29) is 5.69 Å². The predicted octanol–water partition coefficient (Wildman–Crippen LogP) is 1.87. The third-order valence-electron chi connectivity index (χ3n) is 4.02. The summed E-state index contributed by atoms with van der Waals surface area (Å²) >= 11 is 0. The van der Waals surface area contributed by atoms with Crippen molar-refractivity contribution in [3.05, 3.63) is 17.8 Å². The van der Waals surface area contributed by atoms with Crippen LogP contribution in [0.5, 0.6) is 0 Å². The second-order valence-corrected chi connectivity index (χ2v) is 5.29. The van der Waals surface area contributed by atoms with Crippen LogP contribution in [0, 0.1) is 11.3 Å². The molecular weight excluding hydrogens is 230 g/mol. The van der Waals surface area contributed by atoms with Crippen molar-refractivity contribution in [3.8, 4) is 0 Å². The Balaban J connectivity index is 1.58. The summed E-state index contributed by atoms with van der Waals surface area (Å²) in [5, 5.41) is 11.2. The molecule has 2 saturated carbocycles. The van der Waals surface area contributed by atoms with Crippen LogP contribution in [-0.2, 0) is 4.74 Å². The number of aromatic nitrogens is 2. The van der Waals surface area contributed by atoms with Crippen LogP contribution in [0.15, 0.2) is 12.1 Å². The minimum atomic E-state index is -0.453. The molecule has 5 heteroatoms. The molecule has 96 valence electrons. The van der Waals surface area contributed by atoms with E-state index in [1.54, 1.807) is 12.1 Å². The average Bonchev–Trinajstić information content (AvgIpc) is 3.28. The van der Waals surface area contributed by atoms with E-state index in [9.17, 15) is 4.79 Å². The fourth-order valence-electron chi connectivity index (χ4n) is 2.49. The number of esters is 1. The topological polar surface area (TPSA) is 64.1 Å². The second kappa shape index (κ2) is 4.23. The van der Waals surface area contributed by atoms with Gasteiger partial charge in [0.05, 0.1) is 7.11 Å². The Morgan fingerprint density at radius 1 is 1.44 bits per heavy atom. The average molecular weight is 247 g/mol. The summed E-state index contributed by atoms with van der Waals surface area (Å²) in [4.78, 5) is 11.2. The number of hydrogen-bond acceptors (Lipinski definition) is 5. The molecule has 0 atom stereocenters. The van der Waals surface area contributed by atoms with Crippen molar-refractivity contribution in [1.29, 1.82) is 0 Å². The Bertz CT molecular complexity index is 450. The molecule has 0 amide bonds. The third-order valence-corrected chi connectivity index (χ3v) is 4.02. The summed E-state index contributed by atoms with van der Waals surface area (Å²) in [6.07, 6.45) is 5.43. The molecule has 0 radical (unpaired) electrons. The van der Waals surface area contributed by atoms with E-state index in [1.807, 2.05) is 0 Å². The predicted molar refractivity (Wildman–Crippen MR) is 66.3 cm³/mol. The number of rotatable bonds is 5. The Labute approximate surface area is 106 Å². The maximum Gasteiger partial charge on any atom is 0.358 e. The van der Waals surface area contributed by atoms with Crippen LogP contribution < -0.4 is 5.32 Å². The molecule has 1 N–H and O–H groups in total. The first-order valence-electron chi connectivity index (χ1n) is 6.39. The van der Waals surface area contributed by atoms with E-state index in [0.29, 0.717) is 5.41 Å². The minimum Gasteiger partial charge on any atom is -0.464 e. The molecule has 2 fully saturated rings. The van der Waals surface area contributed by atoms with E-state index in [0.717, 1.165) is 18.3 Å². The molecule has 18 heavy (non-hydrogen) atoms. The molecule has 0 aliphatic heterocycles. The van der Waals surface area contributed by atoms with Gasteiger partial charge in [0.25, 0.3) is 0 Å². The summed E-state index contributed by atoms with van der Waals surface area (Å²) in [5.41, 5.74) is 0.772. The number of nitrogens with zero attached hydrogens (tertiary/aromatic N) is 2. The van der Waals surface area contributed by atoms with Crippen LogP contribution in [0.2, 0.25) is 0 Å². The maximum absolute atomic E-state index is 11.2. The number of ether oxygens (including phenoxy) is 1. The number of methoxy groups -OCH3 is 1. The number of hydrogen-bond donors (Lipinski definition) is 1. The van der Waals surface area contributed by atoms with Gasteiger partial charge in [-0.05, 0) is 49.1 Å². The first kappa shape index (κ1) is 11.4. The molecule has 0 unspecified atom stereocenters. The van der Waals surface area contributed by atoms with Gasteiger partial charge in [0.15, 0.2) is 5.69 Å². The van der Waals surface area contributed by atoms with Crippen molar-refractivity contribution in [3.63, 3.8) is 0 Å². The number of carbonyl (C=O) groups excluding carboxylic acids is 1. The van der Waals surface area contributed by atoms with Crippen LogP contribution in [0.1, 0.15) is 36.2 Å². The van der Waals surface area contributed by atoms with Gasteiger partial charge in [0, 0.05) is 6.54 Å². The van der Waals surface area contributed by atoms with Gasteiger partial charge in [-0.15, -0.1) is 10.2 Å². The Hall–Kier alpha value is -1.65. The van der Waals surface area contributed by atoms with Crippen molar-refractivity contribution < 1.29 is 9.53 Å². The molecule has 1 aromatic rings.